The topological polar surface area (TPSA) is 49.3 Å². The SMILES string of the molecule is C#CCCC(=O)NCC1(O)CCCC(C)C1. The van der Waals surface area contributed by atoms with E-state index in [0.717, 1.165) is 19.3 Å². The van der Waals surface area contributed by atoms with Crippen molar-refractivity contribution in [3.63, 3.8) is 0 Å². The van der Waals surface area contributed by atoms with Crippen molar-refractivity contribution in [3.8, 4) is 12.3 Å². The lowest BCUT2D eigenvalue weighted by molar-refractivity contribution is -0.122. The molecule has 0 heterocycles. The number of rotatable bonds is 4. The van der Waals surface area contributed by atoms with Gasteiger partial charge in [-0.05, 0) is 18.8 Å². The zero-order valence-corrected chi connectivity index (χ0v) is 9.96. The van der Waals surface area contributed by atoms with Gasteiger partial charge in [-0.25, -0.2) is 0 Å². The molecule has 1 rings (SSSR count). The fourth-order valence-corrected chi connectivity index (χ4v) is 2.33. The van der Waals surface area contributed by atoms with Gasteiger partial charge in [0.1, 0.15) is 0 Å². The molecule has 3 nitrogen and oxygen atoms in total. The van der Waals surface area contributed by atoms with Crippen molar-refractivity contribution in [3.05, 3.63) is 0 Å². The molecule has 3 heteroatoms. The summed E-state index contributed by atoms with van der Waals surface area (Å²) >= 11 is 0. The summed E-state index contributed by atoms with van der Waals surface area (Å²) in [5, 5.41) is 13.0. The Morgan fingerprint density at radius 2 is 2.44 bits per heavy atom. The van der Waals surface area contributed by atoms with E-state index in [1.54, 1.807) is 0 Å². The molecule has 0 bridgehead atoms. The van der Waals surface area contributed by atoms with Crippen LogP contribution >= 0.6 is 0 Å². The van der Waals surface area contributed by atoms with Gasteiger partial charge in [-0.2, -0.15) is 0 Å². The van der Waals surface area contributed by atoms with E-state index in [0.29, 0.717) is 25.3 Å². The van der Waals surface area contributed by atoms with E-state index in [1.165, 1.54) is 6.42 Å². The molecule has 1 saturated carbocycles. The van der Waals surface area contributed by atoms with Crippen LogP contribution in [0, 0.1) is 18.3 Å². The molecule has 1 amide bonds. The first-order valence-electron chi connectivity index (χ1n) is 5.98. The van der Waals surface area contributed by atoms with Gasteiger partial charge in [-0.3, -0.25) is 4.79 Å². The molecule has 0 saturated heterocycles. The average Bonchev–Trinajstić information content (AvgIpc) is 2.23. The molecule has 0 aromatic carbocycles. The van der Waals surface area contributed by atoms with E-state index in [2.05, 4.69) is 18.2 Å². The third-order valence-corrected chi connectivity index (χ3v) is 3.18. The van der Waals surface area contributed by atoms with Crippen LogP contribution in [0.5, 0.6) is 0 Å². The second-order valence-corrected chi connectivity index (χ2v) is 4.91. The number of carbonyl (C=O) groups excluding carboxylic acids is 1. The van der Waals surface area contributed by atoms with Crippen molar-refractivity contribution >= 4 is 5.91 Å². The zero-order chi connectivity index (χ0) is 12.0. The monoisotopic (exact) mass is 223 g/mol. The number of nitrogens with one attached hydrogen (secondary N) is 1. The van der Waals surface area contributed by atoms with Gasteiger partial charge in [-0.15, -0.1) is 12.3 Å². The Labute approximate surface area is 97.6 Å². The third-order valence-electron chi connectivity index (χ3n) is 3.18. The highest BCUT2D eigenvalue weighted by Gasteiger charge is 2.32. The predicted octanol–water partition coefficient (Wildman–Crippen LogP) is 1.46. The quantitative estimate of drug-likeness (QED) is 0.709. The summed E-state index contributed by atoms with van der Waals surface area (Å²) in [4.78, 5) is 11.4. The van der Waals surface area contributed by atoms with Crippen LogP contribution in [-0.2, 0) is 4.79 Å². The second-order valence-electron chi connectivity index (χ2n) is 4.91. The summed E-state index contributed by atoms with van der Waals surface area (Å²) in [5.41, 5.74) is -0.705. The zero-order valence-electron chi connectivity index (χ0n) is 9.96. The summed E-state index contributed by atoms with van der Waals surface area (Å²) < 4.78 is 0. The fraction of sp³-hybridized carbons (Fsp3) is 0.769. The first kappa shape index (κ1) is 13.1. The van der Waals surface area contributed by atoms with Crippen molar-refractivity contribution in [2.45, 2.75) is 51.0 Å². The molecule has 0 radical (unpaired) electrons. The van der Waals surface area contributed by atoms with Crippen molar-refractivity contribution in [1.29, 1.82) is 0 Å². The molecule has 2 atom stereocenters. The third kappa shape index (κ3) is 4.24. The molecule has 90 valence electrons. The number of carbonyl (C=O) groups is 1. The molecule has 0 aromatic rings. The summed E-state index contributed by atoms with van der Waals surface area (Å²) in [6.45, 7) is 2.50. The maximum absolute atomic E-state index is 11.4. The molecule has 1 fully saturated rings. The first-order chi connectivity index (χ1) is 7.56. The molecule has 1 aliphatic carbocycles. The van der Waals surface area contributed by atoms with Crippen LogP contribution in [0.25, 0.3) is 0 Å². The van der Waals surface area contributed by atoms with E-state index < -0.39 is 5.60 Å². The van der Waals surface area contributed by atoms with Gasteiger partial charge >= 0.3 is 0 Å². The summed E-state index contributed by atoms with van der Waals surface area (Å²) in [7, 11) is 0. The van der Waals surface area contributed by atoms with Crippen LogP contribution in [0.2, 0.25) is 0 Å². The molecule has 0 aromatic heterocycles. The number of amides is 1. The minimum absolute atomic E-state index is 0.0652. The molecule has 2 unspecified atom stereocenters. The van der Waals surface area contributed by atoms with Gasteiger partial charge in [0.15, 0.2) is 0 Å². The molecule has 2 N–H and O–H groups in total. The van der Waals surface area contributed by atoms with E-state index >= 15 is 0 Å². The lowest BCUT2D eigenvalue weighted by Crippen LogP contribution is -2.45. The number of terminal acetylenes is 1. The smallest absolute Gasteiger partial charge is 0.221 e. The minimum atomic E-state index is -0.705. The van der Waals surface area contributed by atoms with Gasteiger partial charge in [0.2, 0.25) is 5.91 Å². The standard InChI is InChI=1S/C13H21NO2/c1-3-4-7-12(15)14-10-13(16)8-5-6-11(2)9-13/h1,11,16H,4-10H2,2H3,(H,14,15). The van der Waals surface area contributed by atoms with Gasteiger partial charge < -0.3 is 10.4 Å². The number of hydrogen-bond acceptors (Lipinski definition) is 2. The predicted molar refractivity (Wildman–Crippen MR) is 63.7 cm³/mol. The van der Waals surface area contributed by atoms with E-state index in [4.69, 9.17) is 6.42 Å². The Bertz CT molecular complexity index is 282. The maximum Gasteiger partial charge on any atom is 0.221 e. The lowest BCUT2D eigenvalue weighted by Gasteiger charge is -2.35. The van der Waals surface area contributed by atoms with Crippen LogP contribution in [0.1, 0.15) is 45.4 Å². The largest absolute Gasteiger partial charge is 0.388 e. The van der Waals surface area contributed by atoms with Crippen molar-refractivity contribution < 1.29 is 9.90 Å². The van der Waals surface area contributed by atoms with Gasteiger partial charge in [0.05, 0.1) is 5.60 Å². The Hall–Kier alpha value is -1.01. The van der Waals surface area contributed by atoms with E-state index in [-0.39, 0.29) is 5.91 Å². The van der Waals surface area contributed by atoms with Crippen molar-refractivity contribution in [2.75, 3.05) is 6.54 Å². The fourth-order valence-electron chi connectivity index (χ4n) is 2.33. The molecule has 0 spiro atoms. The summed E-state index contributed by atoms with van der Waals surface area (Å²) in [5.74, 6) is 2.91. The molecular formula is C13H21NO2. The number of aliphatic hydroxyl groups is 1. The second kappa shape index (κ2) is 5.91. The summed E-state index contributed by atoms with van der Waals surface area (Å²) in [6.07, 6.45) is 9.67. The normalized spacial score (nSPS) is 29.4. The minimum Gasteiger partial charge on any atom is -0.388 e. The Morgan fingerprint density at radius 1 is 1.69 bits per heavy atom. The molecule has 16 heavy (non-hydrogen) atoms. The Balaban J connectivity index is 2.30. The molecule has 1 aliphatic rings. The first-order valence-corrected chi connectivity index (χ1v) is 5.98. The van der Waals surface area contributed by atoms with Crippen LogP contribution in [-0.4, -0.2) is 23.2 Å². The van der Waals surface area contributed by atoms with Gasteiger partial charge in [0, 0.05) is 19.4 Å². The highest BCUT2D eigenvalue weighted by molar-refractivity contribution is 5.76. The van der Waals surface area contributed by atoms with E-state index in [1.807, 2.05) is 0 Å². The van der Waals surface area contributed by atoms with Crippen molar-refractivity contribution in [2.24, 2.45) is 5.92 Å². The highest BCUT2D eigenvalue weighted by Crippen LogP contribution is 2.31. The van der Waals surface area contributed by atoms with Crippen LogP contribution in [0.15, 0.2) is 0 Å². The Morgan fingerprint density at radius 3 is 3.06 bits per heavy atom. The van der Waals surface area contributed by atoms with Crippen molar-refractivity contribution in [1.82, 2.24) is 5.32 Å². The lowest BCUT2D eigenvalue weighted by atomic mass is 9.79. The van der Waals surface area contributed by atoms with Crippen LogP contribution < -0.4 is 5.32 Å². The summed E-state index contributed by atoms with van der Waals surface area (Å²) in [6, 6.07) is 0. The van der Waals surface area contributed by atoms with E-state index in [9.17, 15) is 9.90 Å². The van der Waals surface area contributed by atoms with Crippen LogP contribution in [0.4, 0.5) is 0 Å². The maximum atomic E-state index is 11.4. The van der Waals surface area contributed by atoms with Gasteiger partial charge in [0.25, 0.3) is 0 Å². The van der Waals surface area contributed by atoms with Crippen LogP contribution in [0.3, 0.4) is 0 Å². The average molecular weight is 223 g/mol. The molecule has 0 aliphatic heterocycles. The Kier molecular flexibility index (Phi) is 4.82. The molecular weight excluding hydrogens is 202 g/mol. The van der Waals surface area contributed by atoms with Gasteiger partial charge in [-0.1, -0.05) is 19.8 Å². The number of hydrogen-bond donors (Lipinski definition) is 2. The highest BCUT2D eigenvalue weighted by atomic mass is 16.3.